The fraction of sp³-hybridized carbons (Fsp3) is 0.474. The van der Waals surface area contributed by atoms with Gasteiger partial charge >= 0.3 is 6.09 Å². The third kappa shape index (κ3) is 4.64. The number of ether oxygens (including phenoxy) is 1. The van der Waals surface area contributed by atoms with Gasteiger partial charge < -0.3 is 19.1 Å². The highest BCUT2D eigenvalue weighted by Crippen LogP contribution is 2.23. The number of thioether (sulfide) groups is 1. The molecule has 150 valence electrons. The van der Waals surface area contributed by atoms with Crippen LogP contribution in [-0.2, 0) is 16.6 Å². The Morgan fingerprint density at radius 3 is 2.54 bits per heavy atom. The maximum atomic E-state index is 12.5. The van der Waals surface area contributed by atoms with E-state index in [0.717, 1.165) is 17.0 Å². The maximum Gasteiger partial charge on any atom is 0.409 e. The SMILES string of the molecule is CCOC(=O)N1CCN(C(=O)CSc2nnc(-c3cccc(C)c3)n2C)CC1. The molecule has 1 aliphatic heterocycles. The quantitative estimate of drug-likeness (QED) is 0.712. The highest BCUT2D eigenvalue weighted by Gasteiger charge is 2.25. The Bertz CT molecular complexity index is 846. The van der Waals surface area contributed by atoms with Crippen LogP contribution in [0, 0.1) is 6.92 Å². The molecule has 28 heavy (non-hydrogen) atoms. The molecule has 0 spiro atoms. The molecule has 2 amide bonds. The molecule has 2 heterocycles. The molecule has 1 aliphatic rings. The zero-order valence-electron chi connectivity index (χ0n) is 16.4. The first-order valence-electron chi connectivity index (χ1n) is 9.28. The average molecular weight is 404 g/mol. The first kappa shape index (κ1) is 20.2. The van der Waals surface area contributed by atoms with Crippen LogP contribution in [0.3, 0.4) is 0 Å². The van der Waals surface area contributed by atoms with Crippen LogP contribution < -0.4 is 0 Å². The van der Waals surface area contributed by atoms with Crippen molar-refractivity contribution in [2.24, 2.45) is 7.05 Å². The van der Waals surface area contributed by atoms with E-state index in [-0.39, 0.29) is 12.0 Å². The van der Waals surface area contributed by atoms with E-state index in [4.69, 9.17) is 4.74 Å². The van der Waals surface area contributed by atoms with Gasteiger partial charge in [-0.05, 0) is 19.9 Å². The van der Waals surface area contributed by atoms with Crippen molar-refractivity contribution in [3.8, 4) is 11.4 Å². The number of hydrogen-bond acceptors (Lipinski definition) is 6. The molecule has 0 unspecified atom stereocenters. The molecule has 1 aromatic carbocycles. The molecule has 0 saturated carbocycles. The van der Waals surface area contributed by atoms with Crippen LogP contribution in [-0.4, -0.2) is 75.1 Å². The van der Waals surface area contributed by atoms with Gasteiger partial charge in [-0.15, -0.1) is 10.2 Å². The number of aryl methyl sites for hydroxylation is 1. The summed E-state index contributed by atoms with van der Waals surface area (Å²) in [5.41, 5.74) is 2.16. The molecule has 8 nitrogen and oxygen atoms in total. The maximum absolute atomic E-state index is 12.5. The lowest BCUT2D eigenvalue weighted by molar-refractivity contribution is -0.129. The van der Waals surface area contributed by atoms with Gasteiger partial charge in [-0.1, -0.05) is 35.5 Å². The van der Waals surface area contributed by atoms with Crippen LogP contribution in [0.1, 0.15) is 12.5 Å². The van der Waals surface area contributed by atoms with Crippen molar-refractivity contribution in [1.29, 1.82) is 0 Å². The third-order valence-corrected chi connectivity index (χ3v) is 5.60. The lowest BCUT2D eigenvalue weighted by Gasteiger charge is -2.34. The Kier molecular flexibility index (Phi) is 6.56. The Morgan fingerprint density at radius 2 is 1.86 bits per heavy atom. The molecule has 1 fully saturated rings. The van der Waals surface area contributed by atoms with Crippen molar-refractivity contribution >= 4 is 23.8 Å². The largest absolute Gasteiger partial charge is 0.450 e. The molecule has 0 radical (unpaired) electrons. The lowest BCUT2D eigenvalue weighted by Crippen LogP contribution is -2.51. The smallest absolute Gasteiger partial charge is 0.409 e. The molecule has 9 heteroatoms. The van der Waals surface area contributed by atoms with Crippen molar-refractivity contribution < 1.29 is 14.3 Å². The van der Waals surface area contributed by atoms with Crippen molar-refractivity contribution in [3.05, 3.63) is 29.8 Å². The van der Waals surface area contributed by atoms with E-state index in [0.29, 0.717) is 43.7 Å². The summed E-state index contributed by atoms with van der Waals surface area (Å²) in [7, 11) is 1.91. The third-order valence-electron chi connectivity index (χ3n) is 4.59. The highest BCUT2D eigenvalue weighted by molar-refractivity contribution is 7.99. The van der Waals surface area contributed by atoms with Crippen molar-refractivity contribution in [3.63, 3.8) is 0 Å². The molecule has 0 N–H and O–H groups in total. The molecule has 1 aromatic heterocycles. The van der Waals surface area contributed by atoms with Crippen LogP contribution in [0.25, 0.3) is 11.4 Å². The fourth-order valence-electron chi connectivity index (χ4n) is 3.05. The summed E-state index contributed by atoms with van der Waals surface area (Å²) in [5.74, 6) is 1.11. The van der Waals surface area contributed by atoms with Crippen LogP contribution in [0.2, 0.25) is 0 Å². The standard InChI is InChI=1S/C19H25N5O3S/c1-4-27-19(26)24-10-8-23(9-11-24)16(25)13-28-18-21-20-17(22(18)3)15-7-5-6-14(2)12-15/h5-7,12H,4,8-11,13H2,1-3H3. The van der Waals surface area contributed by atoms with E-state index in [2.05, 4.69) is 16.3 Å². The second kappa shape index (κ2) is 9.09. The molecular formula is C19H25N5O3S. The average Bonchev–Trinajstić information content (AvgIpc) is 3.07. The summed E-state index contributed by atoms with van der Waals surface area (Å²) in [5, 5.41) is 9.21. The monoisotopic (exact) mass is 403 g/mol. The van der Waals surface area contributed by atoms with Gasteiger partial charge in [-0.3, -0.25) is 4.79 Å². The topological polar surface area (TPSA) is 80.6 Å². The van der Waals surface area contributed by atoms with E-state index in [9.17, 15) is 9.59 Å². The summed E-state index contributed by atoms with van der Waals surface area (Å²) in [6, 6.07) is 8.09. The Balaban J connectivity index is 1.54. The minimum Gasteiger partial charge on any atom is -0.450 e. The van der Waals surface area contributed by atoms with Crippen LogP contribution in [0.4, 0.5) is 4.79 Å². The zero-order chi connectivity index (χ0) is 20.1. The molecule has 0 aliphatic carbocycles. The highest BCUT2D eigenvalue weighted by atomic mass is 32.2. The first-order valence-corrected chi connectivity index (χ1v) is 10.3. The van der Waals surface area contributed by atoms with Gasteiger partial charge in [0.15, 0.2) is 11.0 Å². The number of carbonyl (C=O) groups excluding carboxylic acids is 2. The molecule has 3 rings (SSSR count). The van der Waals surface area contributed by atoms with Gasteiger partial charge in [-0.2, -0.15) is 0 Å². The first-order chi connectivity index (χ1) is 13.5. The number of aromatic nitrogens is 3. The van der Waals surface area contributed by atoms with Gasteiger partial charge in [0.25, 0.3) is 0 Å². The number of amides is 2. The van der Waals surface area contributed by atoms with Crippen LogP contribution >= 0.6 is 11.8 Å². The van der Waals surface area contributed by atoms with Gasteiger partial charge in [0.05, 0.1) is 12.4 Å². The fourth-order valence-corrected chi connectivity index (χ4v) is 3.86. The number of benzene rings is 1. The second-order valence-corrected chi connectivity index (χ2v) is 7.53. The van der Waals surface area contributed by atoms with E-state index in [1.165, 1.54) is 11.8 Å². The van der Waals surface area contributed by atoms with Crippen molar-refractivity contribution in [1.82, 2.24) is 24.6 Å². The van der Waals surface area contributed by atoms with Crippen LogP contribution in [0.5, 0.6) is 0 Å². The second-order valence-electron chi connectivity index (χ2n) is 6.59. The minimum atomic E-state index is -0.313. The van der Waals surface area contributed by atoms with Gasteiger partial charge in [-0.25, -0.2) is 4.79 Å². The minimum absolute atomic E-state index is 0.0358. The van der Waals surface area contributed by atoms with Crippen LogP contribution in [0.15, 0.2) is 29.4 Å². The predicted molar refractivity (Wildman–Crippen MR) is 107 cm³/mol. The van der Waals surface area contributed by atoms with E-state index in [1.807, 2.05) is 36.7 Å². The number of piperazine rings is 1. The number of hydrogen-bond donors (Lipinski definition) is 0. The van der Waals surface area contributed by atoms with E-state index >= 15 is 0 Å². The Hall–Kier alpha value is -2.55. The summed E-state index contributed by atoms with van der Waals surface area (Å²) in [4.78, 5) is 27.7. The molecule has 2 aromatic rings. The number of carbonyl (C=O) groups is 2. The number of rotatable bonds is 5. The van der Waals surface area contributed by atoms with Crippen molar-refractivity contribution in [2.45, 2.75) is 19.0 Å². The summed E-state index contributed by atoms with van der Waals surface area (Å²) >= 11 is 1.38. The Morgan fingerprint density at radius 1 is 1.14 bits per heavy atom. The summed E-state index contributed by atoms with van der Waals surface area (Å²) < 4.78 is 6.91. The Labute approximate surface area is 168 Å². The molecule has 1 saturated heterocycles. The zero-order valence-corrected chi connectivity index (χ0v) is 17.2. The normalized spacial score (nSPS) is 14.2. The van der Waals surface area contributed by atoms with E-state index < -0.39 is 0 Å². The summed E-state index contributed by atoms with van der Waals surface area (Å²) in [6.07, 6.45) is -0.313. The predicted octanol–water partition coefficient (Wildman–Crippen LogP) is 2.18. The molecule has 0 bridgehead atoms. The van der Waals surface area contributed by atoms with Crippen molar-refractivity contribution in [2.75, 3.05) is 38.5 Å². The van der Waals surface area contributed by atoms with Gasteiger partial charge in [0.2, 0.25) is 5.91 Å². The lowest BCUT2D eigenvalue weighted by atomic mass is 10.1. The molecule has 0 atom stereocenters. The van der Waals surface area contributed by atoms with E-state index in [1.54, 1.807) is 16.7 Å². The molecular weight excluding hydrogens is 378 g/mol. The van der Waals surface area contributed by atoms with Gasteiger partial charge in [0, 0.05) is 38.8 Å². The summed E-state index contributed by atoms with van der Waals surface area (Å²) in [6.45, 7) is 6.21. The number of nitrogens with zero attached hydrogens (tertiary/aromatic N) is 5. The van der Waals surface area contributed by atoms with Gasteiger partial charge in [0.1, 0.15) is 0 Å².